The van der Waals surface area contributed by atoms with Gasteiger partial charge in [-0.3, -0.25) is 9.78 Å². The highest BCUT2D eigenvalue weighted by Crippen LogP contribution is 2.35. The average Bonchev–Trinajstić information content (AvgIpc) is 3.36. The molecule has 3 heterocycles. The van der Waals surface area contributed by atoms with E-state index >= 15 is 0 Å². The fraction of sp³-hybridized carbons (Fsp3) is 0.241. The van der Waals surface area contributed by atoms with E-state index in [1.54, 1.807) is 0 Å². The molecule has 4 aromatic rings. The number of carbonyl (C=O) groups excluding carboxylic acids is 1. The summed E-state index contributed by atoms with van der Waals surface area (Å²) in [5.41, 5.74) is 7.19. The summed E-state index contributed by atoms with van der Waals surface area (Å²) in [7, 11) is 0. The lowest BCUT2D eigenvalue weighted by Gasteiger charge is -2.26. The summed E-state index contributed by atoms with van der Waals surface area (Å²) in [5, 5.41) is 3.07. The van der Waals surface area contributed by atoms with Crippen LogP contribution in [0.4, 0.5) is 0 Å². The zero-order valence-electron chi connectivity index (χ0n) is 19.3. The smallest absolute Gasteiger partial charge is 0.251 e. The Morgan fingerprint density at radius 2 is 1.59 bits per heavy atom. The molecule has 1 amide bonds. The summed E-state index contributed by atoms with van der Waals surface area (Å²) < 4.78 is 0. The number of rotatable bonds is 7. The van der Waals surface area contributed by atoms with Crippen molar-refractivity contribution in [3.63, 3.8) is 0 Å². The van der Waals surface area contributed by atoms with Crippen LogP contribution in [-0.2, 0) is 0 Å². The third-order valence-corrected chi connectivity index (χ3v) is 6.49. The molecule has 0 spiro atoms. The minimum atomic E-state index is -0.0162. The predicted molar refractivity (Wildman–Crippen MR) is 138 cm³/mol. The van der Waals surface area contributed by atoms with Crippen LogP contribution >= 0.6 is 0 Å². The summed E-state index contributed by atoms with van der Waals surface area (Å²) >= 11 is 0. The molecular weight excluding hydrogens is 420 g/mol. The molecule has 5 nitrogen and oxygen atoms in total. The van der Waals surface area contributed by atoms with E-state index in [0.29, 0.717) is 12.1 Å². The first-order valence-electron chi connectivity index (χ1n) is 12.1. The van der Waals surface area contributed by atoms with Crippen LogP contribution in [0.2, 0.25) is 0 Å². The van der Waals surface area contributed by atoms with Gasteiger partial charge >= 0.3 is 0 Å². The minimum Gasteiger partial charge on any atom is -0.354 e. The summed E-state index contributed by atoms with van der Waals surface area (Å²) in [4.78, 5) is 22.8. The second-order valence-electron chi connectivity index (χ2n) is 8.81. The molecule has 5 rings (SSSR count). The molecule has 1 fully saturated rings. The largest absolute Gasteiger partial charge is 0.354 e. The molecule has 2 aromatic heterocycles. The number of carbonyl (C=O) groups is 1. The number of hydrogen-bond donors (Lipinski definition) is 2. The van der Waals surface area contributed by atoms with Gasteiger partial charge in [-0.2, -0.15) is 0 Å². The quantitative estimate of drug-likeness (QED) is 0.384. The monoisotopic (exact) mass is 450 g/mol. The number of aromatic amines is 1. The molecule has 0 saturated carbocycles. The first-order chi connectivity index (χ1) is 16.8. The molecule has 0 unspecified atom stereocenters. The standard InChI is InChI=1S/C29H30N4O/c34-29(31-17-20-33-18-5-2-6-19-33)25-11-9-23(10-12-25)27-21-26(22-13-15-30-16-14-22)28(32-27)24-7-3-1-4-8-24/h1,3-4,7-16,21,32H,2,5-6,17-20H2,(H,31,34). The van der Waals surface area contributed by atoms with Crippen LogP contribution < -0.4 is 5.32 Å². The molecule has 1 aliphatic heterocycles. The molecule has 2 aromatic carbocycles. The molecule has 0 atom stereocenters. The first kappa shape index (κ1) is 22.1. The Labute approximate surface area is 200 Å². The predicted octanol–water partition coefficient (Wildman–Crippen LogP) is 5.63. The van der Waals surface area contributed by atoms with Crippen LogP contribution in [0, 0.1) is 0 Å². The molecule has 1 saturated heterocycles. The molecule has 172 valence electrons. The van der Waals surface area contributed by atoms with Crippen LogP contribution in [0.3, 0.4) is 0 Å². The maximum Gasteiger partial charge on any atom is 0.251 e. The van der Waals surface area contributed by atoms with Crippen LogP contribution in [0.25, 0.3) is 33.6 Å². The zero-order valence-corrected chi connectivity index (χ0v) is 19.3. The van der Waals surface area contributed by atoms with Gasteiger partial charge < -0.3 is 15.2 Å². The lowest BCUT2D eigenvalue weighted by atomic mass is 10.0. The third kappa shape index (κ3) is 5.10. The van der Waals surface area contributed by atoms with Gasteiger partial charge in [0.05, 0.1) is 5.69 Å². The van der Waals surface area contributed by atoms with Crippen molar-refractivity contribution >= 4 is 5.91 Å². The lowest BCUT2D eigenvalue weighted by Crippen LogP contribution is -2.37. The van der Waals surface area contributed by atoms with Gasteiger partial charge in [0, 0.05) is 42.3 Å². The highest BCUT2D eigenvalue weighted by Gasteiger charge is 2.14. The Kier molecular flexibility index (Phi) is 6.82. The van der Waals surface area contributed by atoms with E-state index in [9.17, 15) is 4.79 Å². The molecule has 1 aliphatic rings. The van der Waals surface area contributed by atoms with Crippen LogP contribution in [0.5, 0.6) is 0 Å². The van der Waals surface area contributed by atoms with Crippen LogP contribution in [0.1, 0.15) is 29.6 Å². The normalized spacial score (nSPS) is 14.1. The number of nitrogens with one attached hydrogen (secondary N) is 2. The minimum absolute atomic E-state index is 0.0162. The summed E-state index contributed by atoms with van der Waals surface area (Å²) in [6, 6.07) is 24.4. The Morgan fingerprint density at radius 1 is 0.853 bits per heavy atom. The number of likely N-dealkylation sites (tertiary alicyclic amines) is 1. The van der Waals surface area contributed by atoms with Gasteiger partial charge in [-0.1, -0.05) is 48.9 Å². The van der Waals surface area contributed by atoms with Gasteiger partial charge in [0.1, 0.15) is 0 Å². The van der Waals surface area contributed by atoms with Gasteiger partial charge in [0.2, 0.25) is 0 Å². The lowest BCUT2D eigenvalue weighted by molar-refractivity contribution is 0.0946. The zero-order chi connectivity index (χ0) is 23.2. The maximum atomic E-state index is 12.6. The van der Waals surface area contributed by atoms with Crippen molar-refractivity contribution in [1.29, 1.82) is 0 Å². The highest BCUT2D eigenvalue weighted by atomic mass is 16.1. The Bertz CT molecular complexity index is 1150. The van der Waals surface area contributed by atoms with E-state index in [-0.39, 0.29) is 5.91 Å². The van der Waals surface area contributed by atoms with Crippen molar-refractivity contribution < 1.29 is 4.79 Å². The van der Waals surface area contributed by atoms with Crippen LogP contribution in [-0.4, -0.2) is 47.0 Å². The number of H-pyrrole nitrogens is 1. The van der Waals surface area contributed by atoms with E-state index in [2.05, 4.69) is 38.4 Å². The van der Waals surface area contributed by atoms with Gasteiger partial charge in [-0.25, -0.2) is 0 Å². The maximum absolute atomic E-state index is 12.6. The van der Waals surface area contributed by atoms with Gasteiger partial charge in [-0.15, -0.1) is 0 Å². The van der Waals surface area contributed by atoms with Gasteiger partial charge in [-0.05, 0) is 73.0 Å². The third-order valence-electron chi connectivity index (χ3n) is 6.49. The van der Waals surface area contributed by atoms with E-state index in [0.717, 1.165) is 53.3 Å². The van der Waals surface area contributed by atoms with E-state index in [1.165, 1.54) is 19.3 Å². The van der Waals surface area contributed by atoms with Crippen LogP contribution in [0.15, 0.2) is 85.2 Å². The van der Waals surface area contributed by atoms with Crippen molar-refractivity contribution in [2.24, 2.45) is 0 Å². The summed E-state index contributed by atoms with van der Waals surface area (Å²) in [5.74, 6) is -0.0162. The van der Waals surface area contributed by atoms with Crippen molar-refractivity contribution in [3.05, 3.63) is 90.8 Å². The van der Waals surface area contributed by atoms with Gasteiger partial charge in [0.25, 0.3) is 5.91 Å². The number of nitrogens with zero attached hydrogens (tertiary/aromatic N) is 2. The molecule has 34 heavy (non-hydrogen) atoms. The second-order valence-corrected chi connectivity index (χ2v) is 8.81. The van der Waals surface area contributed by atoms with E-state index < -0.39 is 0 Å². The second kappa shape index (κ2) is 10.5. The molecular formula is C29H30N4O. The van der Waals surface area contributed by atoms with Crippen molar-refractivity contribution in [1.82, 2.24) is 20.2 Å². The first-order valence-corrected chi connectivity index (χ1v) is 12.1. The number of hydrogen-bond acceptors (Lipinski definition) is 3. The Balaban J connectivity index is 1.33. The Morgan fingerprint density at radius 3 is 2.32 bits per heavy atom. The van der Waals surface area contributed by atoms with Crippen molar-refractivity contribution in [2.45, 2.75) is 19.3 Å². The number of benzene rings is 2. The van der Waals surface area contributed by atoms with Crippen molar-refractivity contribution in [3.8, 4) is 33.6 Å². The number of amides is 1. The number of pyridine rings is 1. The highest BCUT2D eigenvalue weighted by molar-refractivity contribution is 5.95. The van der Waals surface area contributed by atoms with Gasteiger partial charge in [0.15, 0.2) is 0 Å². The fourth-order valence-corrected chi connectivity index (χ4v) is 4.62. The topological polar surface area (TPSA) is 61.0 Å². The number of aromatic nitrogens is 2. The fourth-order valence-electron chi connectivity index (χ4n) is 4.62. The average molecular weight is 451 g/mol. The Hall–Kier alpha value is -3.70. The molecule has 0 aliphatic carbocycles. The molecule has 0 bridgehead atoms. The number of piperidine rings is 1. The molecule has 5 heteroatoms. The van der Waals surface area contributed by atoms with E-state index in [4.69, 9.17) is 0 Å². The van der Waals surface area contributed by atoms with E-state index in [1.807, 2.05) is 67.0 Å². The van der Waals surface area contributed by atoms with Crippen molar-refractivity contribution in [2.75, 3.05) is 26.2 Å². The molecule has 2 N–H and O–H groups in total. The SMILES string of the molecule is O=C(NCCN1CCCCC1)c1ccc(-c2cc(-c3ccncc3)c(-c3ccccc3)[nH]2)cc1. The molecule has 0 radical (unpaired) electrons. The summed E-state index contributed by atoms with van der Waals surface area (Å²) in [6.45, 7) is 3.90. The summed E-state index contributed by atoms with van der Waals surface area (Å²) in [6.07, 6.45) is 7.49.